The van der Waals surface area contributed by atoms with E-state index in [4.69, 9.17) is 4.74 Å². The average molecular weight is 269 g/mol. The Morgan fingerprint density at radius 2 is 2.32 bits per heavy atom. The normalized spacial score (nSPS) is 14.8. The van der Waals surface area contributed by atoms with E-state index in [1.54, 1.807) is 18.2 Å². The summed E-state index contributed by atoms with van der Waals surface area (Å²) in [7, 11) is 0. The fraction of sp³-hybridized carbons (Fsp3) is 0.462. The molecule has 19 heavy (non-hydrogen) atoms. The molecule has 0 aliphatic carbocycles. The van der Waals surface area contributed by atoms with Gasteiger partial charge in [0.25, 0.3) is 6.43 Å². The van der Waals surface area contributed by atoms with Crippen molar-refractivity contribution in [3.8, 4) is 5.75 Å². The zero-order valence-electron chi connectivity index (χ0n) is 10.5. The number of benzene rings is 1. The third kappa shape index (κ3) is 4.73. The van der Waals surface area contributed by atoms with Crippen molar-refractivity contribution < 1.29 is 13.5 Å². The number of hydrogen-bond acceptors (Lipinski definition) is 4. The first-order valence-electron chi connectivity index (χ1n) is 6.26. The molecule has 2 N–H and O–H groups in total. The summed E-state index contributed by atoms with van der Waals surface area (Å²) >= 11 is 0. The van der Waals surface area contributed by atoms with Crippen molar-refractivity contribution >= 4 is 5.96 Å². The summed E-state index contributed by atoms with van der Waals surface area (Å²) in [6.07, 6.45) is -1.41. The van der Waals surface area contributed by atoms with Gasteiger partial charge in [0.15, 0.2) is 5.96 Å². The molecule has 2 rings (SSSR count). The van der Waals surface area contributed by atoms with E-state index in [0.717, 1.165) is 31.0 Å². The predicted molar refractivity (Wildman–Crippen MR) is 69.7 cm³/mol. The molecule has 0 atom stereocenters. The van der Waals surface area contributed by atoms with Crippen LogP contribution in [-0.2, 0) is 6.54 Å². The third-order valence-corrected chi connectivity index (χ3v) is 2.63. The van der Waals surface area contributed by atoms with Gasteiger partial charge in [-0.15, -0.1) is 0 Å². The van der Waals surface area contributed by atoms with Crippen LogP contribution in [0.4, 0.5) is 8.78 Å². The first-order chi connectivity index (χ1) is 9.24. The van der Waals surface area contributed by atoms with Crippen molar-refractivity contribution in [2.24, 2.45) is 4.99 Å². The number of halogens is 2. The Bertz CT molecular complexity index is 438. The highest BCUT2D eigenvalue weighted by atomic mass is 19.3. The zero-order valence-corrected chi connectivity index (χ0v) is 10.5. The van der Waals surface area contributed by atoms with Crippen LogP contribution in [0.15, 0.2) is 29.3 Å². The van der Waals surface area contributed by atoms with Gasteiger partial charge in [0.05, 0.1) is 0 Å². The fourth-order valence-corrected chi connectivity index (χ4v) is 1.74. The van der Waals surface area contributed by atoms with E-state index >= 15 is 0 Å². The molecule has 1 aliphatic rings. The molecule has 0 amide bonds. The van der Waals surface area contributed by atoms with Gasteiger partial charge < -0.3 is 15.4 Å². The van der Waals surface area contributed by atoms with Crippen molar-refractivity contribution in [2.75, 3.05) is 19.7 Å². The minimum absolute atomic E-state index is 0.457. The number of rotatable bonds is 5. The Balaban J connectivity index is 1.86. The monoisotopic (exact) mass is 269 g/mol. The lowest BCUT2D eigenvalue weighted by atomic mass is 10.2. The summed E-state index contributed by atoms with van der Waals surface area (Å²) in [6, 6.07) is 7.11. The van der Waals surface area contributed by atoms with Gasteiger partial charge in [-0.25, -0.2) is 8.78 Å². The maximum atomic E-state index is 12.1. The minimum atomic E-state index is -2.46. The molecule has 0 saturated carbocycles. The summed E-state index contributed by atoms with van der Waals surface area (Å²) in [5.41, 5.74) is 0.960. The maximum absolute atomic E-state index is 12.1. The van der Waals surface area contributed by atoms with E-state index in [1.807, 2.05) is 6.07 Å². The van der Waals surface area contributed by atoms with Gasteiger partial charge in [0.1, 0.15) is 12.4 Å². The fourth-order valence-electron chi connectivity index (χ4n) is 1.74. The van der Waals surface area contributed by atoms with Gasteiger partial charge >= 0.3 is 0 Å². The molecule has 1 aromatic carbocycles. The third-order valence-electron chi connectivity index (χ3n) is 2.63. The van der Waals surface area contributed by atoms with E-state index in [1.165, 1.54) is 0 Å². The SMILES string of the molecule is FC(F)COc1cccc(CNC2=NCCCN2)c1. The van der Waals surface area contributed by atoms with E-state index in [9.17, 15) is 8.78 Å². The second kappa shape index (κ2) is 6.92. The van der Waals surface area contributed by atoms with Gasteiger partial charge in [0, 0.05) is 19.6 Å². The van der Waals surface area contributed by atoms with Gasteiger partial charge in [0.2, 0.25) is 0 Å². The first-order valence-corrected chi connectivity index (χ1v) is 6.26. The maximum Gasteiger partial charge on any atom is 0.272 e. The lowest BCUT2D eigenvalue weighted by molar-refractivity contribution is 0.0818. The van der Waals surface area contributed by atoms with Crippen molar-refractivity contribution in [3.05, 3.63) is 29.8 Å². The molecule has 1 heterocycles. The van der Waals surface area contributed by atoms with Crippen LogP contribution in [0, 0.1) is 0 Å². The summed E-state index contributed by atoms with van der Waals surface area (Å²) < 4.78 is 29.1. The van der Waals surface area contributed by atoms with Crippen LogP contribution >= 0.6 is 0 Å². The highest BCUT2D eigenvalue weighted by Gasteiger charge is 2.05. The number of alkyl halides is 2. The quantitative estimate of drug-likeness (QED) is 0.856. The van der Waals surface area contributed by atoms with E-state index < -0.39 is 13.0 Å². The molecule has 1 aliphatic heterocycles. The molecule has 0 bridgehead atoms. The van der Waals surface area contributed by atoms with Crippen LogP contribution in [0.2, 0.25) is 0 Å². The number of aliphatic imine (C=N–C) groups is 1. The lowest BCUT2D eigenvalue weighted by Crippen LogP contribution is -2.40. The van der Waals surface area contributed by atoms with Gasteiger partial charge in [-0.3, -0.25) is 4.99 Å². The van der Waals surface area contributed by atoms with E-state index in [0.29, 0.717) is 12.3 Å². The van der Waals surface area contributed by atoms with Crippen LogP contribution < -0.4 is 15.4 Å². The second-order valence-electron chi connectivity index (χ2n) is 4.21. The number of ether oxygens (including phenoxy) is 1. The highest BCUT2D eigenvalue weighted by Crippen LogP contribution is 2.14. The average Bonchev–Trinajstić information content (AvgIpc) is 2.44. The second-order valence-corrected chi connectivity index (χ2v) is 4.21. The molecule has 1 aromatic rings. The summed E-state index contributed by atoms with van der Waals surface area (Å²) in [4.78, 5) is 4.29. The topological polar surface area (TPSA) is 45.6 Å². The van der Waals surface area contributed by atoms with Gasteiger partial charge in [-0.2, -0.15) is 0 Å². The molecule has 6 heteroatoms. The molecule has 0 aromatic heterocycles. The number of hydrogen-bond donors (Lipinski definition) is 2. The first kappa shape index (κ1) is 13.6. The molecular formula is C13H17F2N3O. The molecule has 0 saturated heterocycles. The smallest absolute Gasteiger partial charge is 0.272 e. The molecule has 0 unspecified atom stereocenters. The Hall–Kier alpha value is -1.85. The Morgan fingerprint density at radius 1 is 1.42 bits per heavy atom. The molecule has 0 fully saturated rings. The standard InChI is InChI=1S/C13H17F2N3O/c14-12(15)9-19-11-4-1-3-10(7-11)8-18-13-16-5-2-6-17-13/h1,3-4,7,12H,2,5-6,8-9H2,(H2,16,17,18). The Morgan fingerprint density at radius 3 is 3.05 bits per heavy atom. The molecular weight excluding hydrogens is 252 g/mol. The lowest BCUT2D eigenvalue weighted by Gasteiger charge is -2.16. The van der Waals surface area contributed by atoms with Crippen LogP contribution in [0.25, 0.3) is 0 Å². The minimum Gasteiger partial charge on any atom is -0.488 e. The van der Waals surface area contributed by atoms with Crippen molar-refractivity contribution in [1.82, 2.24) is 10.6 Å². The van der Waals surface area contributed by atoms with Crippen LogP contribution in [0.1, 0.15) is 12.0 Å². The van der Waals surface area contributed by atoms with E-state index in [-0.39, 0.29) is 0 Å². The number of nitrogens with zero attached hydrogens (tertiary/aromatic N) is 1. The van der Waals surface area contributed by atoms with Crippen molar-refractivity contribution in [1.29, 1.82) is 0 Å². The predicted octanol–water partition coefficient (Wildman–Crippen LogP) is 1.77. The number of guanidine groups is 1. The Labute approximate surface area is 110 Å². The zero-order chi connectivity index (χ0) is 13.5. The molecule has 104 valence electrons. The highest BCUT2D eigenvalue weighted by molar-refractivity contribution is 5.80. The van der Waals surface area contributed by atoms with Gasteiger partial charge in [-0.1, -0.05) is 12.1 Å². The van der Waals surface area contributed by atoms with E-state index in [2.05, 4.69) is 15.6 Å². The van der Waals surface area contributed by atoms with Crippen molar-refractivity contribution in [2.45, 2.75) is 19.4 Å². The van der Waals surface area contributed by atoms with Crippen LogP contribution in [-0.4, -0.2) is 32.1 Å². The largest absolute Gasteiger partial charge is 0.488 e. The van der Waals surface area contributed by atoms with Crippen molar-refractivity contribution in [3.63, 3.8) is 0 Å². The summed E-state index contributed by atoms with van der Waals surface area (Å²) in [6.45, 7) is 1.75. The molecule has 0 spiro atoms. The van der Waals surface area contributed by atoms with Crippen LogP contribution in [0.5, 0.6) is 5.75 Å². The number of nitrogens with one attached hydrogen (secondary N) is 2. The van der Waals surface area contributed by atoms with Crippen LogP contribution in [0.3, 0.4) is 0 Å². The summed E-state index contributed by atoms with van der Waals surface area (Å²) in [5.74, 6) is 1.24. The molecule has 0 radical (unpaired) electrons. The Kier molecular flexibility index (Phi) is 4.94. The molecule has 4 nitrogen and oxygen atoms in total. The summed E-state index contributed by atoms with van der Waals surface area (Å²) in [5, 5.41) is 6.32. The van der Waals surface area contributed by atoms with Gasteiger partial charge in [-0.05, 0) is 24.1 Å².